The third-order valence-electron chi connectivity index (χ3n) is 2.45. The summed E-state index contributed by atoms with van der Waals surface area (Å²) in [6.07, 6.45) is 3.77. The summed E-state index contributed by atoms with van der Waals surface area (Å²) in [6.45, 7) is 1.93. The summed E-state index contributed by atoms with van der Waals surface area (Å²) < 4.78 is 0.991. The number of Topliss-reactive ketones (excluding diaryl/α,β-unsaturated/α-hetero) is 1. The lowest BCUT2D eigenvalue weighted by atomic mass is 10.0. The zero-order valence-electron chi connectivity index (χ0n) is 9.48. The minimum atomic E-state index is 0.0966. The monoisotopic (exact) mass is 289 g/mol. The zero-order valence-corrected chi connectivity index (χ0v) is 11.1. The summed E-state index contributed by atoms with van der Waals surface area (Å²) in [5.41, 5.74) is 2.68. The number of ketones is 1. The van der Waals surface area contributed by atoms with E-state index < -0.39 is 0 Å². The van der Waals surface area contributed by atoms with Crippen molar-refractivity contribution >= 4 is 21.7 Å². The van der Waals surface area contributed by atoms with Gasteiger partial charge in [-0.3, -0.25) is 9.78 Å². The van der Waals surface area contributed by atoms with Crippen molar-refractivity contribution in [2.24, 2.45) is 0 Å². The first-order valence-corrected chi connectivity index (χ1v) is 6.14. The van der Waals surface area contributed by atoms with Gasteiger partial charge in [0.2, 0.25) is 0 Å². The number of benzene rings is 1. The summed E-state index contributed by atoms with van der Waals surface area (Å²) in [4.78, 5) is 16.1. The summed E-state index contributed by atoms with van der Waals surface area (Å²) in [6, 6.07) is 9.66. The third kappa shape index (κ3) is 3.24. The molecule has 0 bridgehead atoms. The van der Waals surface area contributed by atoms with Crippen molar-refractivity contribution in [2.45, 2.75) is 13.3 Å². The van der Waals surface area contributed by atoms with Crippen molar-refractivity contribution in [2.75, 3.05) is 0 Å². The van der Waals surface area contributed by atoms with Crippen molar-refractivity contribution in [1.82, 2.24) is 4.98 Å². The van der Waals surface area contributed by atoms with Crippen LogP contribution in [0, 0.1) is 6.92 Å². The number of nitrogens with zero attached hydrogens (tertiary/aromatic N) is 1. The molecule has 0 unspecified atom stereocenters. The Kier molecular flexibility index (Phi) is 3.69. The van der Waals surface area contributed by atoms with Gasteiger partial charge in [-0.25, -0.2) is 0 Å². The maximum absolute atomic E-state index is 12.0. The summed E-state index contributed by atoms with van der Waals surface area (Å²) in [5.74, 6) is 0.0966. The number of aryl methyl sites for hydroxylation is 1. The summed E-state index contributed by atoms with van der Waals surface area (Å²) in [7, 11) is 0. The molecule has 0 saturated heterocycles. The van der Waals surface area contributed by atoms with Crippen LogP contribution in [0.15, 0.2) is 47.2 Å². The van der Waals surface area contributed by atoms with Crippen molar-refractivity contribution in [1.29, 1.82) is 0 Å². The molecule has 1 heterocycles. The molecule has 86 valence electrons. The van der Waals surface area contributed by atoms with Crippen LogP contribution in [-0.2, 0) is 6.42 Å². The van der Waals surface area contributed by atoms with E-state index in [1.54, 1.807) is 12.4 Å². The molecule has 1 aromatic carbocycles. The molecular weight excluding hydrogens is 278 g/mol. The van der Waals surface area contributed by atoms with Crippen LogP contribution < -0.4 is 0 Å². The van der Waals surface area contributed by atoms with Crippen LogP contribution in [0.5, 0.6) is 0 Å². The van der Waals surface area contributed by atoms with Gasteiger partial charge >= 0.3 is 0 Å². The third-order valence-corrected chi connectivity index (χ3v) is 2.94. The average molecular weight is 290 g/mol. The van der Waals surface area contributed by atoms with Crippen LogP contribution in [0.4, 0.5) is 0 Å². The minimum absolute atomic E-state index is 0.0966. The second-order valence-electron chi connectivity index (χ2n) is 3.98. The molecule has 0 spiro atoms. The lowest BCUT2D eigenvalue weighted by Gasteiger charge is -2.02. The molecule has 17 heavy (non-hydrogen) atoms. The second kappa shape index (κ2) is 5.23. The number of rotatable bonds is 3. The lowest BCUT2D eigenvalue weighted by Crippen LogP contribution is -2.04. The van der Waals surface area contributed by atoms with Crippen LogP contribution in [0.1, 0.15) is 21.5 Å². The molecule has 0 aliphatic rings. The highest BCUT2D eigenvalue weighted by molar-refractivity contribution is 9.10. The van der Waals surface area contributed by atoms with Gasteiger partial charge in [0.25, 0.3) is 0 Å². The molecule has 0 radical (unpaired) electrons. The topological polar surface area (TPSA) is 30.0 Å². The standard InChI is InChI=1S/C14H12BrNO/c1-10-5-12(9-16-8-10)14(17)7-11-3-2-4-13(15)6-11/h2-6,8-9H,7H2,1H3. The maximum Gasteiger partial charge on any atom is 0.168 e. The van der Waals surface area contributed by atoms with Gasteiger partial charge in [-0.2, -0.15) is 0 Å². The van der Waals surface area contributed by atoms with Crippen LogP contribution in [-0.4, -0.2) is 10.8 Å². The van der Waals surface area contributed by atoms with Crippen LogP contribution in [0.25, 0.3) is 0 Å². The predicted molar refractivity (Wildman–Crippen MR) is 71.2 cm³/mol. The largest absolute Gasteiger partial charge is 0.294 e. The first-order valence-electron chi connectivity index (χ1n) is 5.34. The fourth-order valence-corrected chi connectivity index (χ4v) is 2.09. The van der Waals surface area contributed by atoms with Crippen molar-refractivity contribution < 1.29 is 4.79 Å². The SMILES string of the molecule is Cc1cncc(C(=O)Cc2cccc(Br)c2)c1. The highest BCUT2D eigenvalue weighted by Crippen LogP contribution is 2.14. The lowest BCUT2D eigenvalue weighted by molar-refractivity contribution is 0.0992. The van der Waals surface area contributed by atoms with Crippen molar-refractivity contribution in [3.05, 3.63) is 63.9 Å². The van der Waals surface area contributed by atoms with E-state index in [9.17, 15) is 4.79 Å². The van der Waals surface area contributed by atoms with E-state index in [1.165, 1.54) is 0 Å². The Hall–Kier alpha value is -1.48. The quantitative estimate of drug-likeness (QED) is 0.809. The van der Waals surface area contributed by atoms with Crippen LogP contribution in [0.2, 0.25) is 0 Å². The van der Waals surface area contributed by atoms with E-state index in [0.717, 1.165) is 15.6 Å². The summed E-state index contributed by atoms with van der Waals surface area (Å²) in [5, 5.41) is 0. The second-order valence-corrected chi connectivity index (χ2v) is 4.90. The molecule has 0 saturated carbocycles. The van der Waals surface area contributed by atoms with Crippen molar-refractivity contribution in [3.63, 3.8) is 0 Å². The van der Waals surface area contributed by atoms with Crippen LogP contribution >= 0.6 is 15.9 Å². The number of carbonyl (C=O) groups is 1. The fourth-order valence-electron chi connectivity index (χ4n) is 1.64. The Balaban J connectivity index is 2.17. The Bertz CT molecular complexity index is 551. The number of aromatic nitrogens is 1. The first-order chi connectivity index (χ1) is 8.15. The normalized spacial score (nSPS) is 10.2. The van der Waals surface area contributed by atoms with E-state index in [2.05, 4.69) is 20.9 Å². The number of carbonyl (C=O) groups excluding carboxylic acids is 1. The van der Waals surface area contributed by atoms with Gasteiger partial charge in [-0.15, -0.1) is 0 Å². The maximum atomic E-state index is 12.0. The van der Waals surface area contributed by atoms with Gasteiger partial charge in [0, 0.05) is 28.9 Å². The van der Waals surface area contributed by atoms with Crippen LogP contribution in [0.3, 0.4) is 0 Å². The molecule has 2 aromatic rings. The Labute approximate surface area is 109 Å². The number of halogens is 1. The zero-order chi connectivity index (χ0) is 12.3. The molecule has 0 aliphatic heterocycles. The molecule has 3 heteroatoms. The number of pyridine rings is 1. The van der Waals surface area contributed by atoms with Gasteiger partial charge in [-0.05, 0) is 36.2 Å². The van der Waals surface area contributed by atoms with Gasteiger partial charge < -0.3 is 0 Å². The van der Waals surface area contributed by atoms with Gasteiger partial charge in [0.1, 0.15) is 0 Å². The molecule has 2 rings (SSSR count). The molecule has 0 amide bonds. The molecular formula is C14H12BrNO. The Morgan fingerprint density at radius 1 is 1.29 bits per heavy atom. The predicted octanol–water partition coefficient (Wildman–Crippen LogP) is 3.58. The van der Waals surface area contributed by atoms with E-state index in [0.29, 0.717) is 12.0 Å². The van der Waals surface area contributed by atoms with Gasteiger partial charge in [-0.1, -0.05) is 28.1 Å². The highest BCUT2D eigenvalue weighted by atomic mass is 79.9. The molecule has 0 aliphatic carbocycles. The fraction of sp³-hybridized carbons (Fsp3) is 0.143. The minimum Gasteiger partial charge on any atom is -0.294 e. The first kappa shape index (κ1) is 12.0. The highest BCUT2D eigenvalue weighted by Gasteiger charge is 2.07. The van der Waals surface area contributed by atoms with Gasteiger partial charge in [0.05, 0.1) is 0 Å². The van der Waals surface area contributed by atoms with E-state index in [4.69, 9.17) is 0 Å². The van der Waals surface area contributed by atoms with E-state index >= 15 is 0 Å². The number of hydrogen-bond donors (Lipinski definition) is 0. The molecule has 0 N–H and O–H groups in total. The Morgan fingerprint density at radius 3 is 2.82 bits per heavy atom. The van der Waals surface area contributed by atoms with E-state index in [-0.39, 0.29) is 5.78 Å². The average Bonchev–Trinajstić information content (AvgIpc) is 2.29. The molecule has 0 fully saturated rings. The Morgan fingerprint density at radius 2 is 2.12 bits per heavy atom. The number of hydrogen-bond acceptors (Lipinski definition) is 2. The van der Waals surface area contributed by atoms with E-state index in [1.807, 2.05) is 37.3 Å². The molecule has 1 aromatic heterocycles. The molecule has 0 atom stereocenters. The molecule has 2 nitrogen and oxygen atoms in total. The summed E-state index contributed by atoms with van der Waals surface area (Å²) >= 11 is 3.40. The van der Waals surface area contributed by atoms with Crippen molar-refractivity contribution in [3.8, 4) is 0 Å². The van der Waals surface area contributed by atoms with Gasteiger partial charge in [0.15, 0.2) is 5.78 Å². The smallest absolute Gasteiger partial charge is 0.168 e.